The summed E-state index contributed by atoms with van der Waals surface area (Å²) in [6, 6.07) is 10.9. The summed E-state index contributed by atoms with van der Waals surface area (Å²) in [5.74, 6) is 1.05. The van der Waals surface area contributed by atoms with Gasteiger partial charge in [-0.2, -0.15) is 9.97 Å². The summed E-state index contributed by atoms with van der Waals surface area (Å²) in [6.45, 7) is 5.84. The molecule has 0 aliphatic heterocycles. The topological polar surface area (TPSA) is 95.0 Å². The highest BCUT2D eigenvalue weighted by molar-refractivity contribution is 5.86. The summed E-state index contributed by atoms with van der Waals surface area (Å²) >= 11 is 0. The van der Waals surface area contributed by atoms with Crippen LogP contribution < -0.4 is 10.5 Å². The summed E-state index contributed by atoms with van der Waals surface area (Å²) in [4.78, 5) is 20.1. The Balaban J connectivity index is 1.83. The van der Waals surface area contributed by atoms with Gasteiger partial charge in [0.1, 0.15) is 5.82 Å². The summed E-state index contributed by atoms with van der Waals surface area (Å²) in [7, 11) is 4.13. The van der Waals surface area contributed by atoms with Crippen LogP contribution in [0.15, 0.2) is 42.7 Å². The molecule has 0 radical (unpaired) electrons. The average molecular weight is 418 g/mol. The van der Waals surface area contributed by atoms with Crippen molar-refractivity contribution in [3.63, 3.8) is 0 Å². The SMILES string of the molecule is CCOc1nc(N)c2nc(-c3cncc(C)c3)n(Cc3ccc(CN(C)C)cc3)c2n1. The van der Waals surface area contributed by atoms with Gasteiger partial charge >= 0.3 is 6.01 Å². The largest absolute Gasteiger partial charge is 0.464 e. The van der Waals surface area contributed by atoms with Gasteiger partial charge in [0, 0.05) is 24.5 Å². The second-order valence-corrected chi connectivity index (χ2v) is 7.82. The summed E-state index contributed by atoms with van der Waals surface area (Å²) in [6.07, 6.45) is 3.62. The molecular formula is C23H27N7O. The molecule has 3 heterocycles. The van der Waals surface area contributed by atoms with Gasteiger partial charge in [0.15, 0.2) is 17.0 Å². The van der Waals surface area contributed by atoms with Crippen LogP contribution in [-0.2, 0) is 13.1 Å². The zero-order valence-corrected chi connectivity index (χ0v) is 18.3. The second-order valence-electron chi connectivity index (χ2n) is 7.82. The highest BCUT2D eigenvalue weighted by Gasteiger charge is 2.19. The highest BCUT2D eigenvalue weighted by atomic mass is 16.5. The molecule has 2 N–H and O–H groups in total. The third kappa shape index (κ3) is 4.49. The Bertz CT molecular complexity index is 1200. The lowest BCUT2D eigenvalue weighted by molar-refractivity contribution is 0.314. The maximum Gasteiger partial charge on any atom is 0.320 e. The van der Waals surface area contributed by atoms with Crippen LogP contribution in [0, 0.1) is 6.92 Å². The zero-order chi connectivity index (χ0) is 22.0. The molecular weight excluding hydrogens is 390 g/mol. The molecule has 0 atom stereocenters. The zero-order valence-electron chi connectivity index (χ0n) is 18.3. The Kier molecular flexibility index (Phi) is 5.81. The lowest BCUT2D eigenvalue weighted by Crippen LogP contribution is -2.10. The van der Waals surface area contributed by atoms with Crippen molar-refractivity contribution in [1.82, 2.24) is 29.4 Å². The van der Waals surface area contributed by atoms with Crippen molar-refractivity contribution >= 4 is 17.0 Å². The lowest BCUT2D eigenvalue weighted by atomic mass is 10.1. The van der Waals surface area contributed by atoms with E-state index in [4.69, 9.17) is 15.5 Å². The fourth-order valence-electron chi connectivity index (χ4n) is 3.54. The van der Waals surface area contributed by atoms with E-state index in [1.54, 1.807) is 6.20 Å². The molecule has 0 aliphatic rings. The van der Waals surface area contributed by atoms with Gasteiger partial charge in [0.25, 0.3) is 0 Å². The van der Waals surface area contributed by atoms with Gasteiger partial charge in [-0.1, -0.05) is 24.3 Å². The first kappa shape index (κ1) is 20.7. The number of ether oxygens (including phenoxy) is 1. The van der Waals surface area contributed by atoms with Crippen LogP contribution >= 0.6 is 0 Å². The number of anilines is 1. The molecule has 1 aromatic carbocycles. The second kappa shape index (κ2) is 8.69. The first-order valence-electron chi connectivity index (χ1n) is 10.3. The molecule has 0 bridgehead atoms. The van der Waals surface area contributed by atoms with Crippen molar-refractivity contribution in [3.05, 3.63) is 59.4 Å². The van der Waals surface area contributed by atoms with Gasteiger partial charge in [-0.15, -0.1) is 0 Å². The van der Waals surface area contributed by atoms with Crippen LogP contribution in [0.3, 0.4) is 0 Å². The molecule has 0 amide bonds. The Morgan fingerprint density at radius 3 is 2.45 bits per heavy atom. The van der Waals surface area contributed by atoms with Gasteiger partial charge in [0.05, 0.1) is 13.2 Å². The number of nitrogens with zero attached hydrogens (tertiary/aromatic N) is 6. The molecule has 3 aromatic heterocycles. The smallest absolute Gasteiger partial charge is 0.320 e. The predicted molar refractivity (Wildman–Crippen MR) is 122 cm³/mol. The molecule has 0 aliphatic carbocycles. The molecule has 0 saturated carbocycles. The lowest BCUT2D eigenvalue weighted by Gasteiger charge is -2.12. The molecule has 0 saturated heterocycles. The highest BCUT2D eigenvalue weighted by Crippen LogP contribution is 2.28. The number of aromatic nitrogens is 5. The Labute approximate surface area is 181 Å². The Morgan fingerprint density at radius 2 is 1.77 bits per heavy atom. The van der Waals surface area contributed by atoms with Gasteiger partial charge in [-0.3, -0.25) is 4.98 Å². The molecule has 160 valence electrons. The number of fused-ring (bicyclic) bond motifs is 1. The fourth-order valence-corrected chi connectivity index (χ4v) is 3.54. The molecule has 4 aromatic rings. The van der Waals surface area contributed by atoms with E-state index in [0.29, 0.717) is 30.1 Å². The van der Waals surface area contributed by atoms with Crippen molar-refractivity contribution in [2.75, 3.05) is 26.4 Å². The number of hydrogen-bond donors (Lipinski definition) is 1. The van der Waals surface area contributed by atoms with Crippen LogP contribution in [0.5, 0.6) is 6.01 Å². The standard InChI is InChI=1S/C23H27N7O/c1-5-31-23-27-20(24)19-22(28-23)30(21(26-19)18-10-15(2)11-25-12-18)14-17-8-6-16(7-9-17)13-29(3)4/h6-12H,5,13-14H2,1-4H3,(H2,24,27,28). The number of nitrogen functional groups attached to an aromatic ring is 1. The minimum atomic E-state index is 0.254. The first-order valence-corrected chi connectivity index (χ1v) is 10.3. The van der Waals surface area contributed by atoms with Crippen molar-refractivity contribution in [3.8, 4) is 17.4 Å². The normalized spacial score (nSPS) is 11.4. The van der Waals surface area contributed by atoms with Crippen molar-refractivity contribution < 1.29 is 4.74 Å². The van der Waals surface area contributed by atoms with E-state index >= 15 is 0 Å². The van der Waals surface area contributed by atoms with Crippen molar-refractivity contribution in [2.45, 2.75) is 26.9 Å². The van der Waals surface area contributed by atoms with Crippen LogP contribution in [0.4, 0.5) is 5.82 Å². The quantitative estimate of drug-likeness (QED) is 0.493. The number of pyridine rings is 1. The van der Waals surface area contributed by atoms with E-state index in [-0.39, 0.29) is 6.01 Å². The number of nitrogens with two attached hydrogens (primary N) is 1. The number of benzene rings is 1. The maximum absolute atomic E-state index is 6.21. The maximum atomic E-state index is 6.21. The summed E-state index contributed by atoms with van der Waals surface area (Å²) < 4.78 is 7.58. The van der Waals surface area contributed by atoms with Crippen LogP contribution in [0.2, 0.25) is 0 Å². The van der Waals surface area contributed by atoms with E-state index in [0.717, 1.165) is 29.1 Å². The summed E-state index contributed by atoms with van der Waals surface area (Å²) in [5.41, 5.74) is 11.8. The minimum absolute atomic E-state index is 0.254. The number of hydrogen-bond acceptors (Lipinski definition) is 7. The van der Waals surface area contributed by atoms with Gasteiger partial charge in [-0.05, 0) is 50.7 Å². The third-order valence-electron chi connectivity index (χ3n) is 4.87. The fraction of sp³-hybridized carbons (Fsp3) is 0.304. The molecule has 0 unspecified atom stereocenters. The Hall–Kier alpha value is -3.52. The van der Waals surface area contributed by atoms with E-state index in [1.807, 2.05) is 24.6 Å². The minimum Gasteiger partial charge on any atom is -0.464 e. The summed E-state index contributed by atoms with van der Waals surface area (Å²) in [5, 5.41) is 0. The first-order chi connectivity index (χ1) is 14.9. The predicted octanol–water partition coefficient (Wildman–Crippen LogP) is 3.29. The van der Waals surface area contributed by atoms with Crippen molar-refractivity contribution in [2.24, 2.45) is 0 Å². The van der Waals surface area contributed by atoms with E-state index in [2.05, 4.69) is 64.3 Å². The third-order valence-corrected chi connectivity index (χ3v) is 4.87. The van der Waals surface area contributed by atoms with Crippen LogP contribution in [0.1, 0.15) is 23.6 Å². The molecule has 8 heteroatoms. The van der Waals surface area contributed by atoms with E-state index < -0.39 is 0 Å². The van der Waals surface area contributed by atoms with Gasteiger partial charge in [-0.25, -0.2) is 4.98 Å². The molecule has 0 fully saturated rings. The van der Waals surface area contributed by atoms with E-state index in [9.17, 15) is 0 Å². The molecule has 0 spiro atoms. The monoisotopic (exact) mass is 417 g/mol. The average Bonchev–Trinajstić information content (AvgIpc) is 3.08. The Morgan fingerprint density at radius 1 is 1.03 bits per heavy atom. The number of rotatable bonds is 7. The van der Waals surface area contributed by atoms with Gasteiger partial charge < -0.3 is 19.9 Å². The van der Waals surface area contributed by atoms with Crippen molar-refractivity contribution in [1.29, 1.82) is 0 Å². The molecule has 4 rings (SSSR count). The number of aryl methyl sites for hydroxylation is 1. The van der Waals surface area contributed by atoms with E-state index in [1.165, 1.54) is 5.56 Å². The van der Waals surface area contributed by atoms with Gasteiger partial charge in [0.2, 0.25) is 0 Å². The van der Waals surface area contributed by atoms with Crippen LogP contribution in [0.25, 0.3) is 22.6 Å². The van der Waals surface area contributed by atoms with Crippen LogP contribution in [-0.4, -0.2) is 50.1 Å². The molecule has 31 heavy (non-hydrogen) atoms. The molecule has 8 nitrogen and oxygen atoms in total. The number of imidazole rings is 1.